The molecule has 0 fully saturated rings. The maximum absolute atomic E-state index is 14.0. The fourth-order valence-electron chi connectivity index (χ4n) is 4.15. The second-order valence-corrected chi connectivity index (χ2v) is 11.6. The van der Waals surface area contributed by atoms with Crippen LogP contribution < -0.4 is 9.62 Å². The molecule has 0 heterocycles. The van der Waals surface area contributed by atoms with Crippen LogP contribution in [0.4, 0.5) is 5.69 Å². The highest BCUT2D eigenvalue weighted by Gasteiger charge is 2.33. The van der Waals surface area contributed by atoms with Crippen molar-refractivity contribution in [3.8, 4) is 0 Å². The number of carbonyl (C=O) groups is 2. The molecule has 7 nitrogen and oxygen atoms in total. The predicted molar refractivity (Wildman–Crippen MR) is 151 cm³/mol. The van der Waals surface area contributed by atoms with Crippen molar-refractivity contribution in [2.45, 2.75) is 64.6 Å². The summed E-state index contributed by atoms with van der Waals surface area (Å²) in [6, 6.07) is 21.9. The fourth-order valence-corrected chi connectivity index (χ4v) is 5.59. The molecule has 1 N–H and O–H groups in total. The highest BCUT2D eigenvalue weighted by molar-refractivity contribution is 7.92. The predicted octanol–water partition coefficient (Wildman–Crippen LogP) is 4.83. The van der Waals surface area contributed by atoms with Crippen LogP contribution in [0, 0.1) is 13.8 Å². The van der Waals surface area contributed by atoms with E-state index in [1.165, 1.54) is 17.0 Å². The van der Waals surface area contributed by atoms with Crippen molar-refractivity contribution in [1.29, 1.82) is 0 Å². The van der Waals surface area contributed by atoms with Crippen molar-refractivity contribution >= 4 is 27.5 Å². The summed E-state index contributed by atoms with van der Waals surface area (Å²) in [5.41, 5.74) is 3.28. The number of amides is 2. The van der Waals surface area contributed by atoms with E-state index < -0.39 is 28.5 Å². The van der Waals surface area contributed by atoms with Gasteiger partial charge in [0.1, 0.15) is 12.6 Å². The van der Waals surface area contributed by atoms with E-state index in [0.717, 1.165) is 21.0 Å². The van der Waals surface area contributed by atoms with E-state index in [-0.39, 0.29) is 23.4 Å². The second kappa shape index (κ2) is 12.7. The second-order valence-electron chi connectivity index (χ2n) is 9.75. The van der Waals surface area contributed by atoms with Crippen molar-refractivity contribution < 1.29 is 18.0 Å². The van der Waals surface area contributed by atoms with Crippen molar-refractivity contribution in [1.82, 2.24) is 10.2 Å². The number of hydrogen-bond donors (Lipinski definition) is 1. The van der Waals surface area contributed by atoms with Crippen LogP contribution in [0.15, 0.2) is 83.8 Å². The number of benzene rings is 3. The third-order valence-corrected chi connectivity index (χ3v) is 8.01. The molecule has 3 aromatic rings. The molecule has 3 rings (SSSR count). The van der Waals surface area contributed by atoms with Crippen LogP contribution in [0.1, 0.15) is 43.9 Å². The lowest BCUT2D eigenvalue weighted by atomic mass is 10.1. The van der Waals surface area contributed by atoms with E-state index in [4.69, 9.17) is 0 Å². The van der Waals surface area contributed by atoms with Gasteiger partial charge >= 0.3 is 0 Å². The Kier molecular flexibility index (Phi) is 9.69. The molecule has 202 valence electrons. The zero-order valence-electron chi connectivity index (χ0n) is 22.7. The van der Waals surface area contributed by atoms with E-state index >= 15 is 0 Å². The zero-order chi connectivity index (χ0) is 27.9. The van der Waals surface area contributed by atoms with Crippen LogP contribution >= 0.6 is 0 Å². The molecule has 0 spiro atoms. The average Bonchev–Trinajstić information content (AvgIpc) is 2.89. The van der Waals surface area contributed by atoms with Crippen LogP contribution in [-0.4, -0.2) is 43.8 Å². The molecule has 0 radical (unpaired) electrons. The van der Waals surface area contributed by atoms with Gasteiger partial charge in [0, 0.05) is 12.6 Å². The van der Waals surface area contributed by atoms with E-state index in [1.54, 1.807) is 30.3 Å². The minimum atomic E-state index is -4.06. The average molecular weight is 536 g/mol. The number of aryl methyl sites for hydroxylation is 2. The van der Waals surface area contributed by atoms with Crippen LogP contribution in [0.5, 0.6) is 0 Å². The molecule has 38 heavy (non-hydrogen) atoms. The number of nitrogens with one attached hydrogen (secondary N) is 1. The largest absolute Gasteiger partial charge is 0.352 e. The molecular weight excluding hydrogens is 498 g/mol. The van der Waals surface area contributed by atoms with Gasteiger partial charge in [0.05, 0.1) is 10.6 Å². The Morgan fingerprint density at radius 3 is 1.92 bits per heavy atom. The normalized spacial score (nSPS) is 12.2. The van der Waals surface area contributed by atoms with Crippen molar-refractivity contribution in [2.75, 3.05) is 10.8 Å². The summed E-state index contributed by atoms with van der Waals surface area (Å²) in [4.78, 5) is 28.7. The van der Waals surface area contributed by atoms with Gasteiger partial charge in [0.25, 0.3) is 10.0 Å². The third-order valence-electron chi connectivity index (χ3n) is 6.22. The Labute approximate surface area is 226 Å². The maximum Gasteiger partial charge on any atom is 0.264 e. The molecule has 0 aliphatic carbocycles. The number of rotatable bonds is 11. The van der Waals surface area contributed by atoms with E-state index in [2.05, 4.69) is 5.32 Å². The van der Waals surface area contributed by atoms with Gasteiger partial charge in [-0.15, -0.1) is 0 Å². The van der Waals surface area contributed by atoms with Gasteiger partial charge in [-0.2, -0.15) is 0 Å². The molecule has 0 aliphatic heterocycles. The summed E-state index contributed by atoms with van der Waals surface area (Å²) in [7, 11) is -4.06. The summed E-state index contributed by atoms with van der Waals surface area (Å²) in [5, 5.41) is 2.91. The Balaban J connectivity index is 2.04. The van der Waals surface area contributed by atoms with Crippen LogP contribution in [0.25, 0.3) is 0 Å². The Bertz CT molecular complexity index is 1320. The molecule has 0 saturated heterocycles. The van der Waals surface area contributed by atoms with Crippen LogP contribution in [-0.2, 0) is 26.2 Å². The van der Waals surface area contributed by atoms with Gasteiger partial charge < -0.3 is 10.2 Å². The zero-order valence-corrected chi connectivity index (χ0v) is 23.5. The molecule has 0 aliphatic rings. The summed E-state index contributed by atoms with van der Waals surface area (Å²) < 4.78 is 28.7. The minimum absolute atomic E-state index is 0.0862. The van der Waals surface area contributed by atoms with Gasteiger partial charge in [-0.05, 0) is 63.9 Å². The lowest BCUT2D eigenvalue weighted by Crippen LogP contribution is -2.53. The van der Waals surface area contributed by atoms with Crippen molar-refractivity contribution in [3.63, 3.8) is 0 Å². The first kappa shape index (κ1) is 28.9. The minimum Gasteiger partial charge on any atom is -0.352 e. The lowest BCUT2D eigenvalue weighted by Gasteiger charge is -2.33. The standard InChI is InChI=1S/C30H37N3O4S/c1-6-28(30(35)31-22(2)3)32(20-25-16-12-23(4)13-17-25)29(34)21-33(26-18-14-24(5)15-19-26)38(36,37)27-10-8-7-9-11-27/h7-19,22,28H,6,20-21H2,1-5H3,(H,31,35)/t28-/m1/s1. The number of nitrogens with zero attached hydrogens (tertiary/aromatic N) is 2. The first-order chi connectivity index (χ1) is 18.0. The van der Waals surface area contributed by atoms with E-state index in [1.807, 2.05) is 71.0 Å². The molecule has 8 heteroatoms. The first-order valence-corrected chi connectivity index (χ1v) is 14.3. The molecular formula is C30H37N3O4S. The lowest BCUT2D eigenvalue weighted by molar-refractivity contribution is -0.140. The molecule has 0 bridgehead atoms. The molecule has 0 unspecified atom stereocenters. The Morgan fingerprint density at radius 1 is 0.842 bits per heavy atom. The molecule has 2 amide bonds. The van der Waals surface area contributed by atoms with Gasteiger partial charge in [-0.1, -0.05) is 72.6 Å². The number of anilines is 1. The highest BCUT2D eigenvalue weighted by atomic mass is 32.2. The summed E-state index contributed by atoms with van der Waals surface area (Å²) >= 11 is 0. The van der Waals surface area contributed by atoms with Gasteiger partial charge in [-0.3, -0.25) is 13.9 Å². The van der Waals surface area contributed by atoms with Gasteiger partial charge in [-0.25, -0.2) is 8.42 Å². The van der Waals surface area contributed by atoms with E-state index in [0.29, 0.717) is 12.1 Å². The maximum atomic E-state index is 14.0. The van der Waals surface area contributed by atoms with E-state index in [9.17, 15) is 18.0 Å². The quantitative estimate of drug-likeness (QED) is 0.381. The highest BCUT2D eigenvalue weighted by Crippen LogP contribution is 2.25. The van der Waals surface area contributed by atoms with Gasteiger partial charge in [0.15, 0.2) is 0 Å². The molecule has 0 saturated carbocycles. The fraction of sp³-hybridized carbons (Fsp3) is 0.333. The van der Waals surface area contributed by atoms with Crippen LogP contribution in [0.3, 0.4) is 0 Å². The summed E-state index contributed by atoms with van der Waals surface area (Å²) in [6.07, 6.45) is 0.381. The smallest absolute Gasteiger partial charge is 0.264 e. The monoisotopic (exact) mass is 535 g/mol. The van der Waals surface area contributed by atoms with Crippen LogP contribution in [0.2, 0.25) is 0 Å². The van der Waals surface area contributed by atoms with Gasteiger partial charge in [0.2, 0.25) is 11.8 Å². The third kappa shape index (κ3) is 7.22. The summed E-state index contributed by atoms with van der Waals surface area (Å²) in [6.45, 7) is 9.19. The van der Waals surface area contributed by atoms with Crippen molar-refractivity contribution in [3.05, 3.63) is 95.6 Å². The van der Waals surface area contributed by atoms with Crippen molar-refractivity contribution in [2.24, 2.45) is 0 Å². The molecule has 0 aromatic heterocycles. The SMILES string of the molecule is CC[C@H](C(=O)NC(C)C)N(Cc1ccc(C)cc1)C(=O)CN(c1ccc(C)cc1)S(=O)(=O)c1ccccc1. The number of carbonyl (C=O) groups excluding carboxylic acids is 2. The number of sulfonamides is 1. The summed E-state index contributed by atoms with van der Waals surface area (Å²) in [5.74, 6) is -0.729. The topological polar surface area (TPSA) is 86.8 Å². The first-order valence-electron chi connectivity index (χ1n) is 12.8. The molecule has 1 atom stereocenters. The Hall–Kier alpha value is -3.65. The Morgan fingerprint density at radius 2 is 1.39 bits per heavy atom. The number of hydrogen-bond acceptors (Lipinski definition) is 4. The molecule has 3 aromatic carbocycles.